The molecule has 1 aromatic rings. The Morgan fingerprint density at radius 2 is 2.11 bits per heavy atom. The van der Waals surface area contributed by atoms with E-state index in [0.717, 1.165) is 30.3 Å². The predicted octanol–water partition coefficient (Wildman–Crippen LogP) is 3.30. The zero-order valence-electron chi connectivity index (χ0n) is 12.3. The normalized spacial score (nSPS) is 22.1. The van der Waals surface area contributed by atoms with E-state index in [4.69, 9.17) is 0 Å². The number of hydrogen-bond acceptors (Lipinski definition) is 3. The van der Waals surface area contributed by atoms with Gasteiger partial charge in [0.2, 0.25) is 0 Å². The molecule has 0 saturated carbocycles. The molecule has 2 rings (SSSR count). The third kappa shape index (κ3) is 3.41. The van der Waals surface area contributed by atoms with E-state index in [-0.39, 0.29) is 6.04 Å². The smallest absolute Gasteiger partial charge is 0.122 e. The summed E-state index contributed by atoms with van der Waals surface area (Å²) in [4.78, 5) is 2.40. The van der Waals surface area contributed by atoms with E-state index in [0.29, 0.717) is 5.75 Å². The first kappa shape index (κ1) is 14.2. The van der Waals surface area contributed by atoms with Gasteiger partial charge in [0.1, 0.15) is 5.75 Å². The molecule has 3 heteroatoms. The standard InChI is InChI=1S/C16H26N2O/c1-12-5-4-9-18(10-8-12)14-6-7-15(13(2)17-3)16(19)11-14/h6-7,11-13,17,19H,4-5,8-10H2,1-3H3. The van der Waals surface area contributed by atoms with Gasteiger partial charge >= 0.3 is 0 Å². The van der Waals surface area contributed by atoms with E-state index in [1.165, 1.54) is 19.3 Å². The van der Waals surface area contributed by atoms with Gasteiger partial charge in [-0.3, -0.25) is 0 Å². The number of benzene rings is 1. The highest BCUT2D eigenvalue weighted by atomic mass is 16.3. The number of nitrogens with zero attached hydrogens (tertiary/aromatic N) is 1. The van der Waals surface area contributed by atoms with Crippen molar-refractivity contribution >= 4 is 5.69 Å². The van der Waals surface area contributed by atoms with Gasteiger partial charge in [-0.2, -0.15) is 0 Å². The van der Waals surface area contributed by atoms with Crippen LogP contribution in [0.5, 0.6) is 5.75 Å². The molecule has 0 amide bonds. The van der Waals surface area contributed by atoms with E-state index in [1.54, 1.807) is 0 Å². The van der Waals surface area contributed by atoms with Gasteiger partial charge in [-0.25, -0.2) is 0 Å². The van der Waals surface area contributed by atoms with Crippen LogP contribution in [0.25, 0.3) is 0 Å². The lowest BCUT2D eigenvalue weighted by Crippen LogP contribution is -2.24. The lowest BCUT2D eigenvalue weighted by atomic mass is 10.0. The number of hydrogen-bond donors (Lipinski definition) is 2. The molecule has 0 aliphatic carbocycles. The summed E-state index contributed by atoms with van der Waals surface area (Å²) in [5.41, 5.74) is 2.12. The lowest BCUT2D eigenvalue weighted by molar-refractivity contribution is 0.457. The lowest BCUT2D eigenvalue weighted by Gasteiger charge is -2.24. The fraction of sp³-hybridized carbons (Fsp3) is 0.625. The van der Waals surface area contributed by atoms with E-state index >= 15 is 0 Å². The largest absolute Gasteiger partial charge is 0.508 e. The van der Waals surface area contributed by atoms with Crippen LogP contribution in [-0.4, -0.2) is 25.2 Å². The third-order valence-electron chi connectivity index (χ3n) is 4.30. The van der Waals surface area contributed by atoms with Crippen molar-refractivity contribution in [2.24, 2.45) is 5.92 Å². The number of phenolic OH excluding ortho intramolecular Hbond substituents is 1. The molecule has 0 bridgehead atoms. The minimum atomic E-state index is 0.179. The van der Waals surface area contributed by atoms with Gasteiger partial charge in [0.05, 0.1) is 0 Å². The Kier molecular flexibility index (Phi) is 4.70. The van der Waals surface area contributed by atoms with Crippen molar-refractivity contribution in [2.75, 3.05) is 25.0 Å². The van der Waals surface area contributed by atoms with Crippen LogP contribution in [0.1, 0.15) is 44.7 Å². The molecule has 0 aromatic heterocycles. The quantitative estimate of drug-likeness (QED) is 0.877. The van der Waals surface area contributed by atoms with Gasteiger partial charge in [0.15, 0.2) is 0 Å². The highest BCUT2D eigenvalue weighted by Crippen LogP contribution is 2.30. The van der Waals surface area contributed by atoms with Crippen molar-refractivity contribution < 1.29 is 5.11 Å². The van der Waals surface area contributed by atoms with Gasteiger partial charge in [-0.15, -0.1) is 0 Å². The van der Waals surface area contributed by atoms with Crippen molar-refractivity contribution in [1.29, 1.82) is 0 Å². The minimum absolute atomic E-state index is 0.179. The Bertz CT molecular complexity index is 419. The average Bonchev–Trinajstić information content (AvgIpc) is 2.62. The third-order valence-corrected chi connectivity index (χ3v) is 4.30. The molecule has 2 N–H and O–H groups in total. The van der Waals surface area contributed by atoms with Crippen LogP contribution in [0.4, 0.5) is 5.69 Å². The van der Waals surface area contributed by atoms with Crippen LogP contribution in [-0.2, 0) is 0 Å². The molecule has 2 unspecified atom stereocenters. The summed E-state index contributed by atoms with van der Waals surface area (Å²) in [6, 6.07) is 6.27. The number of phenols is 1. The highest BCUT2D eigenvalue weighted by Gasteiger charge is 2.16. The summed E-state index contributed by atoms with van der Waals surface area (Å²) in [6.45, 7) is 6.59. The van der Waals surface area contributed by atoms with Gasteiger partial charge in [-0.05, 0) is 45.2 Å². The number of anilines is 1. The second-order valence-corrected chi connectivity index (χ2v) is 5.78. The van der Waals surface area contributed by atoms with Crippen molar-refractivity contribution in [1.82, 2.24) is 5.32 Å². The van der Waals surface area contributed by atoms with Crippen molar-refractivity contribution in [3.05, 3.63) is 23.8 Å². The Morgan fingerprint density at radius 3 is 2.79 bits per heavy atom. The van der Waals surface area contributed by atoms with Crippen LogP contribution in [0, 0.1) is 5.92 Å². The average molecular weight is 262 g/mol. The molecule has 1 aromatic carbocycles. The van der Waals surface area contributed by atoms with Crippen molar-refractivity contribution in [3.8, 4) is 5.75 Å². The fourth-order valence-corrected chi connectivity index (χ4v) is 2.77. The van der Waals surface area contributed by atoms with Crippen LogP contribution in [0.15, 0.2) is 18.2 Å². The molecular weight excluding hydrogens is 236 g/mol. The van der Waals surface area contributed by atoms with Crippen molar-refractivity contribution in [3.63, 3.8) is 0 Å². The van der Waals surface area contributed by atoms with Crippen molar-refractivity contribution in [2.45, 2.75) is 39.2 Å². The van der Waals surface area contributed by atoms with Gasteiger partial charge < -0.3 is 15.3 Å². The minimum Gasteiger partial charge on any atom is -0.508 e. The predicted molar refractivity (Wildman–Crippen MR) is 80.8 cm³/mol. The first-order chi connectivity index (χ1) is 9.11. The van der Waals surface area contributed by atoms with Crippen LogP contribution in [0.2, 0.25) is 0 Å². The summed E-state index contributed by atoms with van der Waals surface area (Å²) < 4.78 is 0. The fourth-order valence-electron chi connectivity index (χ4n) is 2.77. The molecule has 1 aliphatic rings. The molecule has 1 heterocycles. The first-order valence-corrected chi connectivity index (χ1v) is 7.37. The van der Waals surface area contributed by atoms with Crippen LogP contribution >= 0.6 is 0 Å². The Hall–Kier alpha value is -1.22. The summed E-state index contributed by atoms with van der Waals surface area (Å²) in [5, 5.41) is 13.3. The summed E-state index contributed by atoms with van der Waals surface area (Å²) >= 11 is 0. The number of nitrogens with one attached hydrogen (secondary N) is 1. The highest BCUT2D eigenvalue weighted by molar-refractivity contribution is 5.54. The molecule has 3 nitrogen and oxygen atoms in total. The summed E-state index contributed by atoms with van der Waals surface area (Å²) in [6.07, 6.45) is 3.81. The molecule has 0 spiro atoms. The summed E-state index contributed by atoms with van der Waals surface area (Å²) in [7, 11) is 1.91. The molecular formula is C16H26N2O. The molecule has 1 saturated heterocycles. The monoisotopic (exact) mass is 262 g/mol. The molecule has 19 heavy (non-hydrogen) atoms. The second kappa shape index (κ2) is 6.29. The topological polar surface area (TPSA) is 35.5 Å². The molecule has 106 valence electrons. The molecule has 2 atom stereocenters. The van der Waals surface area contributed by atoms with E-state index in [2.05, 4.69) is 30.1 Å². The summed E-state index contributed by atoms with van der Waals surface area (Å²) in [5.74, 6) is 1.22. The van der Waals surface area contributed by atoms with Gasteiger partial charge in [0.25, 0.3) is 0 Å². The maximum atomic E-state index is 10.2. The Morgan fingerprint density at radius 1 is 1.32 bits per heavy atom. The van der Waals surface area contributed by atoms with E-state index < -0.39 is 0 Å². The van der Waals surface area contributed by atoms with E-state index in [9.17, 15) is 5.11 Å². The first-order valence-electron chi connectivity index (χ1n) is 7.37. The van der Waals surface area contributed by atoms with E-state index in [1.807, 2.05) is 19.2 Å². The zero-order valence-corrected chi connectivity index (χ0v) is 12.3. The second-order valence-electron chi connectivity index (χ2n) is 5.78. The number of rotatable bonds is 3. The van der Waals surface area contributed by atoms with Gasteiger partial charge in [-0.1, -0.05) is 13.0 Å². The SMILES string of the molecule is CNC(C)c1ccc(N2CCCC(C)CC2)cc1O. The zero-order chi connectivity index (χ0) is 13.8. The van der Waals surface area contributed by atoms with Gasteiger partial charge in [0, 0.05) is 36.4 Å². The van der Waals surface area contributed by atoms with Crippen LogP contribution in [0.3, 0.4) is 0 Å². The number of aromatic hydroxyl groups is 1. The Labute approximate surface area is 116 Å². The molecule has 0 radical (unpaired) electrons. The Balaban J connectivity index is 2.15. The molecule has 1 fully saturated rings. The maximum absolute atomic E-state index is 10.2. The molecule has 1 aliphatic heterocycles. The maximum Gasteiger partial charge on any atom is 0.122 e. The van der Waals surface area contributed by atoms with Crippen LogP contribution < -0.4 is 10.2 Å².